The number of aliphatic hydroxyl groups is 2. The molecule has 6 heteroatoms. The van der Waals surface area contributed by atoms with Crippen molar-refractivity contribution in [3.05, 3.63) is 35.9 Å². The van der Waals surface area contributed by atoms with Crippen LogP contribution >= 0.6 is 8.60 Å². The van der Waals surface area contributed by atoms with E-state index in [1.807, 2.05) is 25.1 Å². The highest BCUT2D eigenvalue weighted by molar-refractivity contribution is 7.43. The van der Waals surface area contributed by atoms with Crippen molar-refractivity contribution in [3.8, 4) is 0 Å². The third-order valence-electron chi connectivity index (χ3n) is 4.58. The van der Waals surface area contributed by atoms with Crippen LogP contribution in [0.15, 0.2) is 30.3 Å². The SMILES string of the molecule is CCCCC1(CC)C2(O)OP(O2)OC1(O)c1ccccc1. The van der Waals surface area contributed by atoms with Crippen LogP contribution in [0.2, 0.25) is 0 Å². The molecule has 0 aliphatic carbocycles. The highest BCUT2D eigenvalue weighted by atomic mass is 31.2. The molecule has 2 bridgehead atoms. The van der Waals surface area contributed by atoms with Crippen LogP contribution < -0.4 is 0 Å². The van der Waals surface area contributed by atoms with Crippen molar-refractivity contribution in [1.29, 1.82) is 0 Å². The van der Waals surface area contributed by atoms with E-state index >= 15 is 0 Å². The zero-order valence-corrected chi connectivity index (χ0v) is 13.2. The Hall–Kier alpha value is -0.550. The predicted octanol–water partition coefficient (Wildman–Crippen LogP) is 3.37. The first-order valence-electron chi connectivity index (χ1n) is 7.39. The van der Waals surface area contributed by atoms with Gasteiger partial charge in [0, 0.05) is 5.56 Å². The largest absolute Gasteiger partial charge is 0.361 e. The monoisotopic (exact) mass is 312 g/mol. The van der Waals surface area contributed by atoms with E-state index in [0.29, 0.717) is 18.4 Å². The molecule has 0 aromatic heterocycles. The van der Waals surface area contributed by atoms with E-state index in [0.717, 1.165) is 12.8 Å². The molecular formula is C15H21O5P. The molecule has 2 unspecified atom stereocenters. The molecule has 116 valence electrons. The predicted molar refractivity (Wildman–Crippen MR) is 77.7 cm³/mol. The number of fused-ring (bicyclic) bond motifs is 2. The van der Waals surface area contributed by atoms with Crippen LogP contribution in [0.4, 0.5) is 0 Å². The van der Waals surface area contributed by atoms with E-state index in [-0.39, 0.29) is 0 Å². The molecule has 0 spiro atoms. The van der Waals surface area contributed by atoms with E-state index in [2.05, 4.69) is 6.92 Å². The minimum absolute atomic E-state index is 0.470. The molecule has 2 N–H and O–H groups in total. The Bertz CT molecular complexity index is 504. The van der Waals surface area contributed by atoms with Crippen molar-refractivity contribution in [2.24, 2.45) is 5.41 Å². The van der Waals surface area contributed by atoms with Gasteiger partial charge in [0.05, 0.1) is 0 Å². The van der Waals surface area contributed by atoms with Gasteiger partial charge in [-0.25, -0.2) is 0 Å². The Labute approximate surface area is 125 Å². The number of rotatable bonds is 5. The minimum Gasteiger partial charge on any atom is -0.361 e. The summed E-state index contributed by atoms with van der Waals surface area (Å²) in [4.78, 5) is 0. The molecule has 1 aromatic rings. The highest BCUT2D eigenvalue weighted by Crippen LogP contribution is 2.76. The van der Waals surface area contributed by atoms with Gasteiger partial charge in [-0.2, -0.15) is 0 Å². The third-order valence-corrected chi connectivity index (χ3v) is 5.79. The van der Waals surface area contributed by atoms with Gasteiger partial charge in [-0.1, -0.05) is 57.0 Å². The van der Waals surface area contributed by atoms with E-state index in [1.165, 1.54) is 0 Å². The van der Waals surface area contributed by atoms with Crippen LogP contribution in [0.3, 0.4) is 0 Å². The lowest BCUT2D eigenvalue weighted by Crippen LogP contribution is -2.69. The number of benzene rings is 1. The maximum atomic E-state index is 11.3. The van der Waals surface area contributed by atoms with Crippen molar-refractivity contribution in [3.63, 3.8) is 0 Å². The third kappa shape index (κ3) is 2.00. The van der Waals surface area contributed by atoms with Crippen LogP contribution in [-0.4, -0.2) is 16.2 Å². The summed E-state index contributed by atoms with van der Waals surface area (Å²) in [6.07, 6.45) is 2.79. The molecule has 0 radical (unpaired) electrons. The van der Waals surface area contributed by atoms with Crippen molar-refractivity contribution in [2.45, 2.75) is 51.3 Å². The average molecular weight is 312 g/mol. The Balaban J connectivity index is 2.08. The van der Waals surface area contributed by atoms with Crippen LogP contribution in [0.25, 0.3) is 0 Å². The summed E-state index contributed by atoms with van der Waals surface area (Å²) in [5.74, 6) is -3.37. The molecule has 0 saturated carbocycles. The first-order chi connectivity index (χ1) is 10.0. The average Bonchev–Trinajstić information content (AvgIpc) is 2.47. The standard InChI is InChI=1S/C15H21O5P/c1-3-5-11-13(4-2)14(16,12-9-7-6-8-10-12)18-21-19-15(13,17)20-21/h6-10,16-17H,3-5,11H2,1-2H3. The maximum Gasteiger partial charge on any atom is 0.344 e. The lowest BCUT2D eigenvalue weighted by atomic mass is 9.68. The lowest BCUT2D eigenvalue weighted by Gasteiger charge is -2.63. The first kappa shape index (κ1) is 15.3. The highest BCUT2D eigenvalue weighted by Gasteiger charge is 2.77. The molecule has 3 heterocycles. The van der Waals surface area contributed by atoms with Crippen molar-refractivity contribution < 1.29 is 23.8 Å². The van der Waals surface area contributed by atoms with Crippen LogP contribution in [0.1, 0.15) is 45.1 Å². The van der Waals surface area contributed by atoms with Crippen LogP contribution in [0.5, 0.6) is 0 Å². The molecular weight excluding hydrogens is 291 g/mol. The molecule has 0 amide bonds. The van der Waals surface area contributed by atoms with Gasteiger partial charge in [0.2, 0.25) is 5.79 Å². The zero-order valence-electron chi connectivity index (χ0n) is 12.3. The normalized spacial score (nSPS) is 41.6. The van der Waals surface area contributed by atoms with E-state index in [9.17, 15) is 10.2 Å². The Morgan fingerprint density at radius 3 is 2.29 bits per heavy atom. The number of hydrogen-bond acceptors (Lipinski definition) is 5. The summed E-state index contributed by atoms with van der Waals surface area (Å²) in [5, 5.41) is 22.0. The fraction of sp³-hybridized carbons (Fsp3) is 0.600. The van der Waals surface area contributed by atoms with E-state index < -0.39 is 25.8 Å². The molecule has 5 nitrogen and oxygen atoms in total. The molecule has 3 fully saturated rings. The van der Waals surface area contributed by atoms with Crippen LogP contribution in [-0.2, 0) is 19.4 Å². The molecule has 21 heavy (non-hydrogen) atoms. The smallest absolute Gasteiger partial charge is 0.344 e. The summed E-state index contributed by atoms with van der Waals surface area (Å²) in [6.45, 7) is 3.97. The van der Waals surface area contributed by atoms with Gasteiger partial charge in [0.15, 0.2) is 0 Å². The molecule has 2 atom stereocenters. The van der Waals surface area contributed by atoms with E-state index in [1.54, 1.807) is 12.1 Å². The zero-order chi connectivity index (χ0) is 15.1. The first-order valence-corrected chi connectivity index (χ1v) is 8.48. The Morgan fingerprint density at radius 2 is 1.71 bits per heavy atom. The van der Waals surface area contributed by atoms with Gasteiger partial charge in [0.1, 0.15) is 5.41 Å². The van der Waals surface area contributed by atoms with Gasteiger partial charge in [-0.05, 0) is 12.8 Å². The molecule has 3 aliphatic rings. The quantitative estimate of drug-likeness (QED) is 0.816. The topological polar surface area (TPSA) is 68.2 Å². The summed E-state index contributed by atoms with van der Waals surface area (Å²) in [6, 6.07) is 9.18. The summed E-state index contributed by atoms with van der Waals surface area (Å²) in [5.41, 5.74) is -0.422. The molecule has 4 rings (SSSR count). The number of unbranched alkanes of at least 4 members (excludes halogenated alkanes) is 1. The fourth-order valence-electron chi connectivity index (χ4n) is 3.27. The van der Waals surface area contributed by atoms with Gasteiger partial charge in [-0.3, -0.25) is 13.6 Å². The van der Waals surface area contributed by atoms with Gasteiger partial charge >= 0.3 is 14.6 Å². The number of hydrogen-bond donors (Lipinski definition) is 2. The van der Waals surface area contributed by atoms with Crippen molar-refractivity contribution in [2.75, 3.05) is 0 Å². The molecule has 3 aliphatic heterocycles. The molecule has 1 aromatic carbocycles. The second-order valence-corrected chi connectivity index (χ2v) is 6.62. The Morgan fingerprint density at radius 1 is 1.05 bits per heavy atom. The van der Waals surface area contributed by atoms with Gasteiger partial charge < -0.3 is 10.2 Å². The maximum absolute atomic E-state index is 11.3. The van der Waals surface area contributed by atoms with Gasteiger partial charge in [0.25, 0.3) is 0 Å². The van der Waals surface area contributed by atoms with Gasteiger partial charge in [-0.15, -0.1) is 0 Å². The Kier molecular flexibility index (Phi) is 3.85. The van der Waals surface area contributed by atoms with Crippen molar-refractivity contribution in [1.82, 2.24) is 0 Å². The lowest BCUT2D eigenvalue weighted by molar-refractivity contribution is -0.487. The van der Waals surface area contributed by atoms with Crippen LogP contribution in [0, 0.1) is 5.41 Å². The minimum atomic E-state index is -1.77. The molecule has 3 saturated heterocycles. The second-order valence-electron chi connectivity index (χ2n) is 5.63. The van der Waals surface area contributed by atoms with Crippen molar-refractivity contribution >= 4 is 8.60 Å². The second kappa shape index (κ2) is 5.27. The summed E-state index contributed by atoms with van der Waals surface area (Å²) >= 11 is 0. The van der Waals surface area contributed by atoms with E-state index in [4.69, 9.17) is 13.6 Å². The summed E-state index contributed by atoms with van der Waals surface area (Å²) < 4.78 is 16.5. The fourth-order valence-corrected chi connectivity index (χ4v) is 4.61. The summed E-state index contributed by atoms with van der Waals surface area (Å²) in [7, 11) is -1.69.